The molecule has 9 heteroatoms. The zero-order valence-electron chi connectivity index (χ0n) is 17.7. The van der Waals surface area contributed by atoms with E-state index in [1.54, 1.807) is 43.5 Å². The Hall–Kier alpha value is -3.04. The molecular weight excluding hydrogens is 446 g/mol. The summed E-state index contributed by atoms with van der Waals surface area (Å²) < 4.78 is 34.5. The van der Waals surface area contributed by atoms with Gasteiger partial charge in [-0.05, 0) is 66.8 Å². The molecule has 0 saturated carbocycles. The largest absolute Gasteiger partial charge is 0.497 e. The third-order valence-corrected chi connectivity index (χ3v) is 7.52. The number of rotatable bonds is 8. The molecule has 1 aromatic heterocycles. The van der Waals surface area contributed by atoms with Gasteiger partial charge in [0.05, 0.1) is 19.2 Å². The summed E-state index contributed by atoms with van der Waals surface area (Å²) in [6, 6.07) is 15.5. The third kappa shape index (κ3) is 5.23. The van der Waals surface area contributed by atoms with Crippen molar-refractivity contribution in [3.05, 3.63) is 64.9 Å². The maximum Gasteiger partial charge on any atom is 0.264 e. The molecule has 4 rings (SSSR count). The fourth-order valence-electron chi connectivity index (χ4n) is 3.67. The van der Waals surface area contributed by atoms with Gasteiger partial charge < -0.3 is 15.0 Å². The lowest BCUT2D eigenvalue weighted by Crippen LogP contribution is -2.23. The average molecular weight is 472 g/mol. The Morgan fingerprint density at radius 3 is 2.44 bits per heavy atom. The number of thiophene rings is 1. The number of hydrogen-bond donors (Lipinski definition) is 2. The van der Waals surface area contributed by atoms with Gasteiger partial charge in [-0.1, -0.05) is 6.07 Å². The van der Waals surface area contributed by atoms with E-state index in [-0.39, 0.29) is 17.2 Å². The molecule has 2 heterocycles. The minimum absolute atomic E-state index is 0.143. The lowest BCUT2D eigenvalue weighted by atomic mass is 10.2. The molecule has 0 bridgehead atoms. The molecule has 168 valence electrons. The van der Waals surface area contributed by atoms with Crippen molar-refractivity contribution in [2.24, 2.45) is 0 Å². The van der Waals surface area contributed by atoms with Crippen LogP contribution in [0.15, 0.2) is 64.9 Å². The number of benzene rings is 2. The first-order valence-corrected chi connectivity index (χ1v) is 12.7. The zero-order chi connectivity index (χ0) is 22.6. The van der Waals surface area contributed by atoms with Crippen LogP contribution in [-0.2, 0) is 21.2 Å². The van der Waals surface area contributed by atoms with Gasteiger partial charge in [0.2, 0.25) is 5.91 Å². The molecule has 0 unspecified atom stereocenters. The summed E-state index contributed by atoms with van der Waals surface area (Å²) in [4.78, 5) is 15.6. The van der Waals surface area contributed by atoms with Crippen molar-refractivity contribution >= 4 is 44.3 Å². The molecule has 1 fully saturated rings. The Labute approximate surface area is 192 Å². The normalized spacial score (nSPS) is 13.7. The molecule has 0 atom stereocenters. The van der Waals surface area contributed by atoms with Gasteiger partial charge in [0, 0.05) is 29.3 Å². The lowest BCUT2D eigenvalue weighted by molar-refractivity contribution is -0.115. The van der Waals surface area contributed by atoms with Gasteiger partial charge in [-0.2, -0.15) is 0 Å². The van der Waals surface area contributed by atoms with Crippen molar-refractivity contribution in [1.82, 2.24) is 0 Å². The van der Waals surface area contributed by atoms with Crippen molar-refractivity contribution in [2.75, 3.05) is 35.1 Å². The summed E-state index contributed by atoms with van der Waals surface area (Å²) in [5.41, 5.74) is 1.52. The fourth-order valence-corrected chi connectivity index (χ4v) is 5.69. The molecule has 2 N–H and O–H groups in total. The number of carbonyl (C=O) groups excluding carboxylic acids is 1. The van der Waals surface area contributed by atoms with Gasteiger partial charge in [0.1, 0.15) is 10.6 Å². The number of carbonyl (C=O) groups is 1. The van der Waals surface area contributed by atoms with Crippen LogP contribution in [0.4, 0.5) is 17.1 Å². The van der Waals surface area contributed by atoms with Crippen LogP contribution in [0.1, 0.15) is 17.7 Å². The van der Waals surface area contributed by atoms with Crippen LogP contribution < -0.4 is 19.7 Å². The van der Waals surface area contributed by atoms with E-state index in [1.165, 1.54) is 17.4 Å². The summed E-state index contributed by atoms with van der Waals surface area (Å²) in [7, 11) is -2.34. The summed E-state index contributed by atoms with van der Waals surface area (Å²) in [5, 5.41) is 4.75. The number of nitrogens with one attached hydrogen (secondary N) is 2. The van der Waals surface area contributed by atoms with Crippen molar-refractivity contribution in [3.63, 3.8) is 0 Å². The molecular formula is C23H25N3O4S2. The van der Waals surface area contributed by atoms with E-state index >= 15 is 0 Å². The Kier molecular flexibility index (Phi) is 6.66. The number of nitrogens with zero attached hydrogens (tertiary/aromatic N) is 1. The summed E-state index contributed by atoms with van der Waals surface area (Å²) >= 11 is 1.51. The van der Waals surface area contributed by atoms with E-state index in [4.69, 9.17) is 4.74 Å². The van der Waals surface area contributed by atoms with Crippen molar-refractivity contribution < 1.29 is 17.9 Å². The number of anilines is 3. The second-order valence-corrected chi connectivity index (χ2v) is 10.2. The molecule has 3 aromatic rings. The Balaban J connectivity index is 1.61. The van der Waals surface area contributed by atoms with E-state index < -0.39 is 10.0 Å². The van der Waals surface area contributed by atoms with E-state index in [9.17, 15) is 13.2 Å². The van der Waals surface area contributed by atoms with Crippen molar-refractivity contribution in [3.8, 4) is 5.75 Å². The maximum absolute atomic E-state index is 13.3. The SMILES string of the molecule is COc1ccc(NS(=O)(=O)c2cc(NC(=O)Cc3cccs3)ccc2N2CCCC2)cc1. The van der Waals surface area contributed by atoms with Gasteiger partial charge in [-0.25, -0.2) is 8.42 Å². The molecule has 32 heavy (non-hydrogen) atoms. The molecule has 1 aliphatic rings. The van der Waals surface area contributed by atoms with Gasteiger partial charge >= 0.3 is 0 Å². The van der Waals surface area contributed by atoms with Crippen LogP contribution in [-0.4, -0.2) is 34.5 Å². The summed E-state index contributed by atoms with van der Waals surface area (Å²) in [6.45, 7) is 1.60. The summed E-state index contributed by atoms with van der Waals surface area (Å²) in [6.07, 6.45) is 2.28. The van der Waals surface area contributed by atoms with Crippen molar-refractivity contribution in [2.45, 2.75) is 24.2 Å². The topological polar surface area (TPSA) is 87.7 Å². The number of sulfonamides is 1. The number of amides is 1. The second kappa shape index (κ2) is 9.62. The smallest absolute Gasteiger partial charge is 0.264 e. The van der Waals surface area contributed by atoms with Crippen molar-refractivity contribution in [1.29, 1.82) is 0 Å². The molecule has 2 aromatic carbocycles. The van der Waals surface area contributed by atoms with Crippen LogP contribution in [0.25, 0.3) is 0 Å². The van der Waals surface area contributed by atoms with Crippen LogP contribution >= 0.6 is 11.3 Å². The molecule has 1 amide bonds. The first-order valence-electron chi connectivity index (χ1n) is 10.3. The molecule has 1 aliphatic heterocycles. The predicted octanol–water partition coefficient (Wildman–Crippen LogP) is 4.34. The van der Waals surface area contributed by atoms with Gasteiger partial charge in [0.25, 0.3) is 10.0 Å². The number of hydrogen-bond acceptors (Lipinski definition) is 6. The number of ether oxygens (including phenoxy) is 1. The van der Waals surface area contributed by atoms with Gasteiger partial charge in [-0.3, -0.25) is 9.52 Å². The van der Waals surface area contributed by atoms with Crippen LogP contribution in [0.5, 0.6) is 5.75 Å². The lowest BCUT2D eigenvalue weighted by Gasteiger charge is -2.22. The van der Waals surface area contributed by atoms with Crippen LogP contribution in [0.2, 0.25) is 0 Å². The quantitative estimate of drug-likeness (QED) is 0.510. The molecule has 1 saturated heterocycles. The first-order chi connectivity index (χ1) is 15.4. The minimum Gasteiger partial charge on any atom is -0.497 e. The standard InChI is InChI=1S/C23H25N3O4S2/c1-30-19-9-6-17(7-10-19)25-32(28,29)22-15-18(8-11-21(22)26-12-2-3-13-26)24-23(27)16-20-5-4-14-31-20/h4-11,14-15,25H,2-3,12-13,16H2,1H3,(H,24,27). The highest BCUT2D eigenvalue weighted by molar-refractivity contribution is 7.92. The predicted molar refractivity (Wildman–Crippen MR) is 128 cm³/mol. The summed E-state index contributed by atoms with van der Waals surface area (Å²) in [5.74, 6) is 0.453. The fraction of sp³-hybridized carbons (Fsp3) is 0.261. The zero-order valence-corrected chi connectivity index (χ0v) is 19.3. The molecule has 7 nitrogen and oxygen atoms in total. The van der Waals surface area contributed by atoms with Gasteiger partial charge in [0.15, 0.2) is 0 Å². The number of methoxy groups -OCH3 is 1. The second-order valence-electron chi connectivity index (χ2n) is 7.51. The van der Waals surface area contributed by atoms with Gasteiger partial charge in [-0.15, -0.1) is 11.3 Å². The Morgan fingerprint density at radius 1 is 1.06 bits per heavy atom. The van der Waals surface area contributed by atoms with E-state index in [2.05, 4.69) is 14.9 Å². The molecule has 0 spiro atoms. The highest BCUT2D eigenvalue weighted by atomic mass is 32.2. The molecule has 0 radical (unpaired) electrons. The third-order valence-electron chi connectivity index (χ3n) is 5.24. The van der Waals surface area contributed by atoms with E-state index in [0.717, 1.165) is 30.8 Å². The maximum atomic E-state index is 13.3. The first kappa shape index (κ1) is 22.2. The van der Waals surface area contributed by atoms with E-state index in [0.29, 0.717) is 22.8 Å². The minimum atomic E-state index is -3.89. The Bertz CT molecular complexity index is 1170. The molecule has 0 aliphatic carbocycles. The van der Waals surface area contributed by atoms with Crippen LogP contribution in [0, 0.1) is 0 Å². The monoisotopic (exact) mass is 471 g/mol. The Morgan fingerprint density at radius 2 is 1.78 bits per heavy atom. The highest BCUT2D eigenvalue weighted by Crippen LogP contribution is 2.32. The average Bonchev–Trinajstić information content (AvgIpc) is 3.48. The highest BCUT2D eigenvalue weighted by Gasteiger charge is 2.25. The van der Waals surface area contributed by atoms with Crippen LogP contribution in [0.3, 0.4) is 0 Å². The van der Waals surface area contributed by atoms with E-state index in [1.807, 2.05) is 17.5 Å².